The Morgan fingerprint density at radius 2 is 2.14 bits per heavy atom. The summed E-state index contributed by atoms with van der Waals surface area (Å²) < 4.78 is 0. The summed E-state index contributed by atoms with van der Waals surface area (Å²) in [4.78, 5) is 12.1. The molecule has 2 aliphatic carbocycles. The van der Waals surface area contributed by atoms with Crippen LogP contribution >= 0.6 is 0 Å². The molecule has 112 valence electrons. The van der Waals surface area contributed by atoms with E-state index in [1.165, 1.54) is 28.7 Å². The maximum atomic E-state index is 12.1. The van der Waals surface area contributed by atoms with Gasteiger partial charge < -0.3 is 5.11 Å². The molecule has 1 aromatic rings. The summed E-state index contributed by atoms with van der Waals surface area (Å²) in [5, 5.41) is 10.1. The Labute approximate surface area is 126 Å². The zero-order valence-electron chi connectivity index (χ0n) is 13.0. The van der Waals surface area contributed by atoms with Gasteiger partial charge in [0.05, 0.1) is 11.5 Å². The molecule has 1 aromatic carbocycles. The first-order valence-corrected chi connectivity index (χ1v) is 8.01. The van der Waals surface area contributed by atoms with Crippen LogP contribution in [0.15, 0.2) is 24.3 Å². The van der Waals surface area contributed by atoms with Gasteiger partial charge in [-0.3, -0.25) is 4.79 Å². The van der Waals surface area contributed by atoms with Gasteiger partial charge in [0, 0.05) is 6.42 Å². The minimum Gasteiger partial charge on any atom is -0.392 e. The fraction of sp³-hybridized carbons (Fsp3) is 0.526. The number of aliphatic hydroxyl groups excluding tert-OH is 1. The fourth-order valence-electron chi connectivity index (χ4n) is 3.70. The Kier molecular flexibility index (Phi) is 3.75. The van der Waals surface area contributed by atoms with Crippen LogP contribution in [0.5, 0.6) is 0 Å². The lowest BCUT2D eigenvalue weighted by molar-refractivity contribution is -0.127. The minimum atomic E-state index is -0.574. The third-order valence-corrected chi connectivity index (χ3v) is 5.29. The number of hydrogen-bond acceptors (Lipinski definition) is 2. The van der Waals surface area contributed by atoms with E-state index in [9.17, 15) is 9.90 Å². The number of carbonyl (C=O) groups is 1. The van der Waals surface area contributed by atoms with Gasteiger partial charge in [0.25, 0.3) is 0 Å². The molecular formula is C19H24O2. The molecule has 3 rings (SSSR count). The average molecular weight is 284 g/mol. The largest absolute Gasteiger partial charge is 0.392 e. The second-order valence-corrected chi connectivity index (χ2v) is 6.84. The third kappa shape index (κ3) is 2.57. The van der Waals surface area contributed by atoms with Gasteiger partial charge in [-0.05, 0) is 62.7 Å². The molecule has 21 heavy (non-hydrogen) atoms. The van der Waals surface area contributed by atoms with Crippen molar-refractivity contribution in [3.63, 3.8) is 0 Å². The normalized spacial score (nSPS) is 30.7. The number of aliphatic hydroxyl groups is 1. The number of Topliss-reactive ketones (excluding diaryl/α,β-unsaturated/α-hetero) is 1. The van der Waals surface area contributed by atoms with Crippen LogP contribution in [-0.4, -0.2) is 17.0 Å². The number of fused-ring (bicyclic) bond motifs is 1. The van der Waals surface area contributed by atoms with Gasteiger partial charge in [0.1, 0.15) is 5.78 Å². The first kappa shape index (κ1) is 14.5. The van der Waals surface area contributed by atoms with Gasteiger partial charge >= 0.3 is 0 Å². The van der Waals surface area contributed by atoms with Crippen LogP contribution in [0.3, 0.4) is 0 Å². The van der Waals surface area contributed by atoms with E-state index in [1.807, 2.05) is 6.92 Å². The van der Waals surface area contributed by atoms with E-state index >= 15 is 0 Å². The molecule has 0 aromatic heterocycles. The first-order chi connectivity index (χ1) is 10.0. The fourth-order valence-corrected chi connectivity index (χ4v) is 3.70. The highest BCUT2D eigenvalue weighted by Gasteiger charge is 2.44. The highest BCUT2D eigenvalue weighted by Crippen LogP contribution is 2.40. The average Bonchev–Trinajstić information content (AvgIpc) is 2.72. The Morgan fingerprint density at radius 3 is 2.86 bits per heavy atom. The molecule has 0 bridgehead atoms. The summed E-state index contributed by atoms with van der Waals surface area (Å²) in [5.74, 6) is 0.215. The lowest BCUT2D eigenvalue weighted by Gasteiger charge is -2.26. The summed E-state index contributed by atoms with van der Waals surface area (Å²) >= 11 is 0. The van der Waals surface area contributed by atoms with Crippen LogP contribution in [0.2, 0.25) is 0 Å². The van der Waals surface area contributed by atoms with Gasteiger partial charge in [0.2, 0.25) is 0 Å². The summed E-state index contributed by atoms with van der Waals surface area (Å²) in [6, 6.07) is 6.65. The van der Waals surface area contributed by atoms with Crippen molar-refractivity contribution < 1.29 is 9.90 Å². The zero-order chi connectivity index (χ0) is 15.0. The van der Waals surface area contributed by atoms with Gasteiger partial charge in [0.15, 0.2) is 0 Å². The lowest BCUT2D eigenvalue weighted by atomic mass is 9.79. The highest BCUT2D eigenvalue weighted by molar-refractivity contribution is 5.87. The van der Waals surface area contributed by atoms with Crippen LogP contribution in [0.4, 0.5) is 0 Å². The maximum Gasteiger partial charge on any atom is 0.141 e. The van der Waals surface area contributed by atoms with E-state index in [4.69, 9.17) is 0 Å². The molecule has 0 amide bonds. The molecular weight excluding hydrogens is 260 g/mol. The van der Waals surface area contributed by atoms with Crippen molar-refractivity contribution in [2.75, 3.05) is 0 Å². The van der Waals surface area contributed by atoms with Crippen molar-refractivity contribution in [3.8, 4) is 0 Å². The number of ketones is 1. The molecule has 0 radical (unpaired) electrons. The predicted molar refractivity (Wildman–Crippen MR) is 85.1 cm³/mol. The van der Waals surface area contributed by atoms with E-state index in [-0.39, 0.29) is 5.78 Å². The monoisotopic (exact) mass is 284 g/mol. The maximum absolute atomic E-state index is 12.1. The quantitative estimate of drug-likeness (QED) is 0.896. The molecule has 1 N–H and O–H groups in total. The molecule has 2 aliphatic rings. The van der Waals surface area contributed by atoms with Crippen molar-refractivity contribution in [1.82, 2.24) is 0 Å². The Morgan fingerprint density at radius 1 is 1.33 bits per heavy atom. The highest BCUT2D eigenvalue weighted by atomic mass is 16.3. The van der Waals surface area contributed by atoms with Gasteiger partial charge in [-0.25, -0.2) is 0 Å². The summed E-state index contributed by atoms with van der Waals surface area (Å²) in [7, 11) is 0. The SMILES string of the molecule is Cc1ccc2c(c1)CCC/C2=C\C[C@@]1(C)C(=O)CC[C@@H]1O. The number of allylic oxidation sites excluding steroid dienone is 2. The van der Waals surface area contributed by atoms with Crippen LogP contribution in [0.1, 0.15) is 55.7 Å². The van der Waals surface area contributed by atoms with Gasteiger partial charge in [-0.1, -0.05) is 29.8 Å². The summed E-state index contributed by atoms with van der Waals surface area (Å²) in [6.07, 6.45) is 6.93. The summed E-state index contributed by atoms with van der Waals surface area (Å²) in [5.41, 5.74) is 4.86. The molecule has 0 saturated heterocycles. The standard InChI is InChI=1S/C19H24O2/c1-13-6-7-16-14(4-3-5-15(16)12-13)10-11-19(2)17(20)8-9-18(19)21/h6-7,10,12,17,20H,3-5,8-9,11H2,1-2H3/b14-10+/t17-,19+/m0/s1. The van der Waals surface area contributed by atoms with E-state index in [1.54, 1.807) is 0 Å². The third-order valence-electron chi connectivity index (χ3n) is 5.29. The van der Waals surface area contributed by atoms with Crippen molar-refractivity contribution in [2.24, 2.45) is 5.41 Å². The lowest BCUT2D eigenvalue weighted by Crippen LogP contribution is -2.32. The molecule has 2 atom stereocenters. The first-order valence-electron chi connectivity index (χ1n) is 8.01. The molecule has 2 heteroatoms. The Hall–Kier alpha value is -1.41. The van der Waals surface area contributed by atoms with Crippen molar-refractivity contribution >= 4 is 11.4 Å². The van der Waals surface area contributed by atoms with Crippen molar-refractivity contribution in [2.45, 2.75) is 58.5 Å². The zero-order valence-corrected chi connectivity index (χ0v) is 13.0. The number of hydrogen-bond donors (Lipinski definition) is 1. The minimum absolute atomic E-state index is 0.215. The Bertz CT molecular complexity index is 600. The molecule has 1 fully saturated rings. The molecule has 0 heterocycles. The van der Waals surface area contributed by atoms with Crippen LogP contribution in [0.25, 0.3) is 5.57 Å². The van der Waals surface area contributed by atoms with Gasteiger partial charge in [-0.2, -0.15) is 0 Å². The van der Waals surface area contributed by atoms with Crippen LogP contribution in [-0.2, 0) is 11.2 Å². The van der Waals surface area contributed by atoms with Gasteiger partial charge in [-0.15, -0.1) is 0 Å². The van der Waals surface area contributed by atoms with Crippen LogP contribution < -0.4 is 0 Å². The Balaban J connectivity index is 1.87. The van der Waals surface area contributed by atoms with Crippen LogP contribution in [0, 0.1) is 12.3 Å². The van der Waals surface area contributed by atoms with E-state index in [0.717, 1.165) is 12.8 Å². The second kappa shape index (κ2) is 5.42. The topological polar surface area (TPSA) is 37.3 Å². The molecule has 2 nitrogen and oxygen atoms in total. The van der Waals surface area contributed by atoms with E-state index in [0.29, 0.717) is 19.3 Å². The number of rotatable bonds is 2. The number of carbonyl (C=O) groups excluding carboxylic acids is 1. The second-order valence-electron chi connectivity index (χ2n) is 6.84. The molecule has 0 aliphatic heterocycles. The van der Waals surface area contributed by atoms with Crippen molar-refractivity contribution in [3.05, 3.63) is 41.0 Å². The predicted octanol–water partition coefficient (Wildman–Crippen LogP) is 3.83. The van der Waals surface area contributed by atoms with E-state index < -0.39 is 11.5 Å². The number of benzene rings is 1. The van der Waals surface area contributed by atoms with E-state index in [2.05, 4.69) is 31.2 Å². The molecule has 1 saturated carbocycles. The smallest absolute Gasteiger partial charge is 0.141 e. The summed E-state index contributed by atoms with van der Waals surface area (Å²) in [6.45, 7) is 4.05. The molecule has 0 unspecified atom stereocenters. The van der Waals surface area contributed by atoms with Crippen molar-refractivity contribution in [1.29, 1.82) is 0 Å². The molecule has 0 spiro atoms. The number of aryl methyl sites for hydroxylation is 2.